The average molecular weight is 816 g/mol. The molecule has 2 amide bonds. The Hall–Kier alpha value is -5.22. The normalized spacial score (nSPS) is 18.2. The second-order valence-corrected chi connectivity index (χ2v) is 17.4. The van der Waals surface area contributed by atoms with E-state index in [1.807, 2.05) is 12.1 Å². The quantitative estimate of drug-likeness (QED) is 0.0896. The largest absolute Gasteiger partial charge is 0.459 e. The molecule has 290 valence electrons. The number of amides is 2. The summed E-state index contributed by atoms with van der Waals surface area (Å²) in [6, 6.07) is 13.5. The number of rotatable bonds is 4. The van der Waals surface area contributed by atoms with Crippen molar-refractivity contribution in [3.8, 4) is 23.3 Å². The summed E-state index contributed by atoms with van der Waals surface area (Å²) in [7, 11) is 0. The number of anilines is 2. The molecule has 1 N–H and O–H groups in total. The van der Waals surface area contributed by atoms with E-state index in [0.29, 0.717) is 11.5 Å². The summed E-state index contributed by atoms with van der Waals surface area (Å²) in [5.41, 5.74) is 2.01. The number of halogens is 1. The molecule has 1 aliphatic carbocycles. The van der Waals surface area contributed by atoms with Crippen LogP contribution in [0.3, 0.4) is 0 Å². The lowest BCUT2D eigenvalue weighted by Gasteiger charge is -2.38. The highest BCUT2D eigenvalue weighted by Gasteiger charge is 2.40. The van der Waals surface area contributed by atoms with E-state index in [-0.39, 0.29) is 24.6 Å². The van der Waals surface area contributed by atoms with Crippen LogP contribution in [0.4, 0.5) is 21.1 Å². The van der Waals surface area contributed by atoms with Gasteiger partial charge in [-0.1, -0.05) is 39.9 Å². The van der Waals surface area contributed by atoms with E-state index in [9.17, 15) is 14.4 Å². The minimum atomic E-state index is -0.967. The first-order valence-electron chi connectivity index (χ1n) is 18.1. The zero-order valence-electron chi connectivity index (χ0n) is 32.6. The molecule has 12 nitrogen and oxygen atoms in total. The van der Waals surface area contributed by atoms with Gasteiger partial charge in [-0.2, -0.15) is 10.0 Å². The van der Waals surface area contributed by atoms with Crippen molar-refractivity contribution < 1.29 is 38.1 Å². The number of aromatic nitrogens is 1. The van der Waals surface area contributed by atoms with Crippen molar-refractivity contribution in [2.45, 2.75) is 97.5 Å². The van der Waals surface area contributed by atoms with E-state index in [1.165, 1.54) is 17.8 Å². The van der Waals surface area contributed by atoms with Gasteiger partial charge >= 0.3 is 18.2 Å². The van der Waals surface area contributed by atoms with Gasteiger partial charge < -0.3 is 29.0 Å². The molecule has 3 atom stereocenters. The van der Waals surface area contributed by atoms with Gasteiger partial charge in [-0.3, -0.25) is 4.79 Å². The lowest BCUT2D eigenvalue weighted by atomic mass is 9.76. The maximum Gasteiger partial charge on any atom is 0.435 e. The fourth-order valence-electron chi connectivity index (χ4n) is 6.53. The Morgan fingerprint density at radius 2 is 1.47 bits per heavy atom. The first-order chi connectivity index (χ1) is 25.7. The second-order valence-electron chi connectivity index (χ2n) is 16.6. The second kappa shape index (κ2) is 15.1. The molecular formula is C42H47BrN4O8. The number of nitrogens with zero attached hydrogens (tertiary/aromatic N) is 3. The standard InChI is InChI=1S/C42H47BrN4O8/c1-40(2,3)53-36(48)23-46(38(49)54-41(4,5)6)47(39(50)55-42(7,8)9)35-18-16-26(22-44-35)14-13-25-15-17-32-29(19-25)27-11-10-12-28(27)37(45-32)30-20-33-34(21-31(30)43)52-24-51-33/h10-11,15-22,27-28,37,45H,12,23-24H2,1-9H3. The maximum absolute atomic E-state index is 13.7. The number of hydrogen-bond donors (Lipinski definition) is 1. The number of carbonyl (C=O) groups excluding carboxylic acids is 3. The summed E-state index contributed by atoms with van der Waals surface area (Å²) in [5, 5.41) is 5.50. The number of carbonyl (C=O) groups is 3. The third-order valence-electron chi connectivity index (χ3n) is 8.62. The van der Waals surface area contributed by atoms with Crippen molar-refractivity contribution in [1.82, 2.24) is 9.99 Å². The number of allylic oxidation sites excluding steroid dienone is 2. The molecule has 3 aliphatic rings. The molecule has 6 rings (SSSR count). The van der Waals surface area contributed by atoms with Crippen LogP contribution in [0.25, 0.3) is 0 Å². The van der Waals surface area contributed by atoms with Crippen LogP contribution in [0.2, 0.25) is 0 Å². The molecule has 1 aromatic heterocycles. The number of ether oxygens (including phenoxy) is 5. The highest BCUT2D eigenvalue weighted by molar-refractivity contribution is 9.10. The molecule has 0 saturated carbocycles. The van der Waals surface area contributed by atoms with E-state index in [0.717, 1.165) is 49.2 Å². The Kier molecular flexibility index (Phi) is 10.9. The predicted octanol–water partition coefficient (Wildman–Crippen LogP) is 9.03. The van der Waals surface area contributed by atoms with Crippen molar-refractivity contribution in [2.75, 3.05) is 23.7 Å². The van der Waals surface area contributed by atoms with Crippen LogP contribution >= 0.6 is 15.9 Å². The molecule has 3 heterocycles. The maximum atomic E-state index is 13.7. The van der Waals surface area contributed by atoms with Gasteiger partial charge in [-0.05, 0) is 128 Å². The molecule has 55 heavy (non-hydrogen) atoms. The number of fused-ring (bicyclic) bond motifs is 4. The topological polar surface area (TPSA) is 129 Å². The Bertz CT molecular complexity index is 2070. The molecule has 0 spiro atoms. The molecule has 2 aliphatic heterocycles. The van der Waals surface area contributed by atoms with Gasteiger partial charge in [-0.25, -0.2) is 14.6 Å². The monoisotopic (exact) mass is 814 g/mol. The predicted molar refractivity (Wildman–Crippen MR) is 211 cm³/mol. The molecule has 0 radical (unpaired) electrons. The Balaban J connectivity index is 1.26. The fraction of sp³-hybridized carbons (Fsp3) is 0.429. The Morgan fingerprint density at radius 1 is 0.836 bits per heavy atom. The number of pyridine rings is 1. The fourth-order valence-corrected chi connectivity index (χ4v) is 7.10. The van der Waals surface area contributed by atoms with Gasteiger partial charge in [0.2, 0.25) is 6.79 Å². The molecular weight excluding hydrogens is 768 g/mol. The molecule has 0 fully saturated rings. The minimum absolute atomic E-state index is 0.0109. The molecule has 3 aromatic rings. The van der Waals surface area contributed by atoms with Crippen LogP contribution in [0, 0.1) is 17.8 Å². The highest BCUT2D eigenvalue weighted by atomic mass is 79.9. The number of benzene rings is 2. The summed E-state index contributed by atoms with van der Waals surface area (Å²) in [6.07, 6.45) is 5.03. The van der Waals surface area contributed by atoms with Gasteiger partial charge in [0.05, 0.1) is 6.04 Å². The van der Waals surface area contributed by atoms with Crippen molar-refractivity contribution in [3.05, 3.63) is 87.5 Å². The number of hydrazine groups is 1. The number of nitrogens with one attached hydrogen (secondary N) is 1. The van der Waals surface area contributed by atoms with E-state index in [4.69, 9.17) is 23.7 Å². The van der Waals surface area contributed by atoms with E-state index in [1.54, 1.807) is 68.4 Å². The zero-order valence-corrected chi connectivity index (χ0v) is 34.2. The summed E-state index contributed by atoms with van der Waals surface area (Å²) < 4.78 is 29.0. The number of hydrogen-bond acceptors (Lipinski definition) is 10. The van der Waals surface area contributed by atoms with E-state index >= 15 is 0 Å². The minimum Gasteiger partial charge on any atom is -0.459 e. The lowest BCUT2D eigenvalue weighted by molar-refractivity contribution is -0.156. The van der Waals surface area contributed by atoms with Gasteiger partial charge in [0, 0.05) is 33.4 Å². The number of esters is 1. The summed E-state index contributed by atoms with van der Waals surface area (Å²) in [5.74, 6) is 7.67. The van der Waals surface area contributed by atoms with Crippen LogP contribution in [0.5, 0.6) is 11.5 Å². The summed E-state index contributed by atoms with van der Waals surface area (Å²) >= 11 is 3.76. The first-order valence-corrected chi connectivity index (χ1v) is 18.9. The Labute approximate surface area is 330 Å². The van der Waals surface area contributed by atoms with E-state index in [2.05, 4.69) is 68.4 Å². The highest BCUT2D eigenvalue weighted by Crippen LogP contribution is 2.52. The van der Waals surface area contributed by atoms with Crippen molar-refractivity contribution in [3.63, 3.8) is 0 Å². The molecule has 13 heteroatoms. The van der Waals surface area contributed by atoms with Crippen LogP contribution in [-0.2, 0) is 19.0 Å². The van der Waals surface area contributed by atoms with Gasteiger partial charge in [-0.15, -0.1) is 0 Å². The van der Waals surface area contributed by atoms with Crippen LogP contribution in [0.15, 0.2) is 65.3 Å². The van der Waals surface area contributed by atoms with E-state index < -0.39 is 41.5 Å². The van der Waals surface area contributed by atoms with Crippen molar-refractivity contribution in [1.29, 1.82) is 0 Å². The zero-order chi connectivity index (χ0) is 39.9. The molecule has 2 aromatic carbocycles. The Morgan fingerprint density at radius 3 is 2.13 bits per heavy atom. The molecule has 0 saturated heterocycles. The van der Waals surface area contributed by atoms with Crippen molar-refractivity contribution in [2.24, 2.45) is 5.92 Å². The average Bonchev–Trinajstić information content (AvgIpc) is 3.75. The summed E-state index contributed by atoms with van der Waals surface area (Å²) in [6.45, 7) is 14.8. The van der Waals surface area contributed by atoms with Gasteiger partial charge in [0.1, 0.15) is 23.3 Å². The van der Waals surface area contributed by atoms with Gasteiger partial charge in [0.15, 0.2) is 17.3 Å². The van der Waals surface area contributed by atoms with Crippen molar-refractivity contribution >= 4 is 45.6 Å². The third kappa shape index (κ3) is 9.54. The smallest absolute Gasteiger partial charge is 0.435 e. The molecule has 3 unspecified atom stereocenters. The van der Waals surface area contributed by atoms with Crippen LogP contribution in [-0.4, -0.2) is 58.3 Å². The lowest BCUT2D eigenvalue weighted by Crippen LogP contribution is -2.55. The van der Waals surface area contributed by atoms with Crippen LogP contribution < -0.4 is 19.8 Å². The molecule has 0 bridgehead atoms. The summed E-state index contributed by atoms with van der Waals surface area (Å²) in [4.78, 5) is 44.8. The third-order valence-corrected chi connectivity index (χ3v) is 9.30. The van der Waals surface area contributed by atoms with Crippen LogP contribution in [0.1, 0.15) is 103 Å². The first kappa shape index (κ1) is 39.5. The SMILES string of the molecule is CC(C)(C)OC(=O)CN(C(=O)OC(C)(C)C)N(C(=O)OC(C)(C)C)c1ccc(C#Cc2ccc3c(c2)C2C=CCC2C(c2cc4c(cc2Br)OCO4)N3)cn1. The van der Waals surface area contributed by atoms with Gasteiger partial charge in [0.25, 0.3) is 0 Å².